The van der Waals surface area contributed by atoms with Crippen LogP contribution in [0.15, 0.2) is 12.4 Å². The Hall–Kier alpha value is -1.01. The molecule has 0 aliphatic rings. The minimum absolute atomic E-state index is 0.168. The largest absolute Gasteiger partial charge is 0.368 e. The van der Waals surface area contributed by atoms with Crippen LogP contribution in [-0.2, 0) is 11.1 Å². The van der Waals surface area contributed by atoms with E-state index in [4.69, 9.17) is 15.5 Å². The molecule has 0 aliphatic carbocycles. The number of rotatable bonds is 4. The summed E-state index contributed by atoms with van der Waals surface area (Å²) in [6.45, 7) is 1.70. The zero-order chi connectivity index (χ0) is 11.5. The quantitative estimate of drug-likeness (QED) is 0.524. The number of aromatic nitrogens is 2. The summed E-state index contributed by atoms with van der Waals surface area (Å²) < 4.78 is 10.8. The van der Waals surface area contributed by atoms with Crippen LogP contribution in [0.5, 0.6) is 0 Å². The van der Waals surface area contributed by atoms with Crippen molar-refractivity contribution >= 4 is 13.5 Å². The normalized spacial score (nSPS) is 13.8. The van der Waals surface area contributed by atoms with Crippen LogP contribution in [0.2, 0.25) is 0 Å². The third kappa shape index (κ3) is 3.93. The maximum absolute atomic E-state index is 10.8. The number of nitrogens with zero attached hydrogens (tertiary/aromatic N) is 2. The smallest absolute Gasteiger partial charge is 0.342 e. The van der Waals surface area contributed by atoms with Crippen molar-refractivity contribution in [1.82, 2.24) is 15.3 Å². The maximum atomic E-state index is 10.8. The van der Waals surface area contributed by atoms with Crippen LogP contribution in [0.25, 0.3) is 0 Å². The predicted molar refractivity (Wildman–Crippen MR) is 54.8 cm³/mol. The highest BCUT2D eigenvalue weighted by atomic mass is 31.2. The van der Waals surface area contributed by atoms with Gasteiger partial charge in [-0.25, -0.2) is 9.97 Å². The Morgan fingerprint density at radius 3 is 2.53 bits per heavy atom. The Labute approximate surface area is 86.9 Å². The molecule has 0 saturated carbocycles. The molecule has 1 aromatic heterocycles. The molecule has 0 aliphatic heterocycles. The van der Waals surface area contributed by atoms with Gasteiger partial charge in [-0.05, 0) is 6.92 Å². The molecule has 0 aromatic carbocycles. The SMILES string of the molecule is C[C@H](NCc1cnc(N)nc1)P(=O)(O)O. The van der Waals surface area contributed by atoms with Crippen molar-refractivity contribution in [3.8, 4) is 0 Å². The molecule has 0 spiro atoms. The number of hydrogen-bond acceptors (Lipinski definition) is 5. The first-order chi connectivity index (χ1) is 6.89. The number of nitrogens with one attached hydrogen (secondary N) is 1. The lowest BCUT2D eigenvalue weighted by Crippen LogP contribution is -2.25. The molecule has 7 nitrogen and oxygen atoms in total. The third-order valence-electron chi connectivity index (χ3n) is 1.83. The highest BCUT2D eigenvalue weighted by Gasteiger charge is 2.22. The standard InChI is InChI=1S/C7H13N4O3P/c1-5(15(12,13)14)9-2-6-3-10-7(8)11-4-6/h3-5,9H,2H2,1H3,(H2,8,10,11)(H2,12,13,14)/t5-/m1/s1. The Bertz CT molecular complexity index is 363. The van der Waals surface area contributed by atoms with E-state index in [1.54, 1.807) is 0 Å². The molecule has 0 radical (unpaired) electrons. The van der Waals surface area contributed by atoms with Crippen LogP contribution in [-0.4, -0.2) is 25.5 Å². The zero-order valence-electron chi connectivity index (χ0n) is 8.16. The van der Waals surface area contributed by atoms with Crippen molar-refractivity contribution < 1.29 is 14.4 Å². The molecule has 1 atom stereocenters. The van der Waals surface area contributed by atoms with Crippen LogP contribution in [0, 0.1) is 0 Å². The Kier molecular flexibility index (Phi) is 3.76. The van der Waals surface area contributed by atoms with Crippen molar-refractivity contribution in [3.63, 3.8) is 0 Å². The molecule has 1 aromatic rings. The van der Waals surface area contributed by atoms with Gasteiger partial charge in [0.2, 0.25) is 5.95 Å². The number of anilines is 1. The summed E-state index contributed by atoms with van der Waals surface area (Å²) >= 11 is 0. The average Bonchev–Trinajstić information content (AvgIpc) is 2.15. The van der Waals surface area contributed by atoms with Gasteiger partial charge in [-0.2, -0.15) is 0 Å². The van der Waals surface area contributed by atoms with E-state index in [0.717, 1.165) is 0 Å². The lowest BCUT2D eigenvalue weighted by molar-refractivity contribution is 0.350. The van der Waals surface area contributed by atoms with Crippen LogP contribution < -0.4 is 11.1 Å². The molecule has 1 heterocycles. The molecule has 0 bridgehead atoms. The van der Waals surface area contributed by atoms with Gasteiger partial charge >= 0.3 is 7.60 Å². The molecule has 5 N–H and O–H groups in total. The zero-order valence-corrected chi connectivity index (χ0v) is 9.06. The minimum atomic E-state index is -4.08. The number of nitrogens with two attached hydrogens (primary N) is 1. The van der Waals surface area contributed by atoms with Gasteiger partial charge in [-0.1, -0.05) is 0 Å². The highest BCUT2D eigenvalue weighted by Crippen LogP contribution is 2.39. The fraction of sp³-hybridized carbons (Fsp3) is 0.429. The van der Waals surface area contributed by atoms with E-state index < -0.39 is 13.4 Å². The van der Waals surface area contributed by atoms with E-state index in [2.05, 4.69) is 15.3 Å². The molecular formula is C7H13N4O3P. The first kappa shape index (κ1) is 12.1. The third-order valence-corrected chi connectivity index (χ3v) is 3.02. The monoisotopic (exact) mass is 232 g/mol. The van der Waals surface area contributed by atoms with Crippen molar-refractivity contribution in [2.75, 3.05) is 5.73 Å². The molecule has 8 heteroatoms. The first-order valence-electron chi connectivity index (χ1n) is 4.24. The van der Waals surface area contributed by atoms with Gasteiger partial charge in [0.05, 0.1) is 0 Å². The molecule has 84 valence electrons. The Morgan fingerprint density at radius 2 is 2.07 bits per heavy atom. The summed E-state index contributed by atoms with van der Waals surface area (Å²) in [5, 5.41) is 2.67. The van der Waals surface area contributed by atoms with Gasteiger partial charge in [-0.3, -0.25) is 9.88 Å². The minimum Gasteiger partial charge on any atom is -0.368 e. The second-order valence-electron chi connectivity index (χ2n) is 3.10. The fourth-order valence-corrected chi connectivity index (χ4v) is 1.17. The number of nitrogen functional groups attached to an aromatic ring is 1. The topological polar surface area (TPSA) is 121 Å². The van der Waals surface area contributed by atoms with E-state index in [1.165, 1.54) is 19.3 Å². The molecule has 1 rings (SSSR count). The lowest BCUT2D eigenvalue weighted by Gasteiger charge is -2.14. The summed E-state index contributed by atoms with van der Waals surface area (Å²) in [5.74, 6) is -0.725. The molecular weight excluding hydrogens is 219 g/mol. The van der Waals surface area contributed by atoms with E-state index >= 15 is 0 Å². The van der Waals surface area contributed by atoms with E-state index in [1.807, 2.05) is 0 Å². The fourth-order valence-electron chi connectivity index (χ4n) is 0.841. The summed E-state index contributed by atoms with van der Waals surface area (Å²) in [5.41, 5.74) is 6.00. The molecule has 0 saturated heterocycles. The van der Waals surface area contributed by atoms with Gasteiger partial charge < -0.3 is 15.5 Å². The van der Waals surface area contributed by atoms with Crippen molar-refractivity contribution in [2.24, 2.45) is 0 Å². The van der Waals surface area contributed by atoms with Crippen LogP contribution in [0.4, 0.5) is 5.95 Å². The van der Waals surface area contributed by atoms with E-state index in [-0.39, 0.29) is 12.5 Å². The summed E-state index contributed by atoms with van der Waals surface area (Å²) in [6.07, 6.45) is 3.00. The molecule has 0 amide bonds. The molecule has 0 fully saturated rings. The van der Waals surface area contributed by atoms with Crippen LogP contribution in [0.1, 0.15) is 12.5 Å². The molecule has 15 heavy (non-hydrogen) atoms. The van der Waals surface area contributed by atoms with Crippen molar-refractivity contribution in [2.45, 2.75) is 19.3 Å². The highest BCUT2D eigenvalue weighted by molar-refractivity contribution is 7.52. The second-order valence-corrected chi connectivity index (χ2v) is 5.05. The maximum Gasteiger partial charge on any atom is 0.342 e. The predicted octanol–water partition coefficient (Wildman–Crippen LogP) is -0.328. The van der Waals surface area contributed by atoms with E-state index in [9.17, 15) is 4.57 Å². The average molecular weight is 232 g/mol. The Morgan fingerprint density at radius 1 is 1.53 bits per heavy atom. The van der Waals surface area contributed by atoms with Gasteiger partial charge in [0.1, 0.15) is 5.78 Å². The second kappa shape index (κ2) is 4.67. The van der Waals surface area contributed by atoms with Gasteiger partial charge in [0, 0.05) is 24.5 Å². The summed E-state index contributed by atoms with van der Waals surface area (Å²) in [6, 6.07) is 0. The molecule has 0 unspecified atom stereocenters. The van der Waals surface area contributed by atoms with E-state index in [0.29, 0.717) is 5.56 Å². The van der Waals surface area contributed by atoms with Gasteiger partial charge in [0.25, 0.3) is 0 Å². The van der Waals surface area contributed by atoms with Gasteiger partial charge in [0.15, 0.2) is 0 Å². The van der Waals surface area contributed by atoms with Crippen LogP contribution >= 0.6 is 7.60 Å². The Balaban J connectivity index is 2.51. The van der Waals surface area contributed by atoms with Crippen molar-refractivity contribution in [1.29, 1.82) is 0 Å². The van der Waals surface area contributed by atoms with Crippen molar-refractivity contribution in [3.05, 3.63) is 18.0 Å². The first-order valence-corrected chi connectivity index (χ1v) is 5.93. The number of hydrogen-bond donors (Lipinski definition) is 4. The van der Waals surface area contributed by atoms with Crippen LogP contribution in [0.3, 0.4) is 0 Å². The lowest BCUT2D eigenvalue weighted by atomic mass is 10.3. The summed E-state index contributed by atoms with van der Waals surface area (Å²) in [7, 11) is -4.08. The summed E-state index contributed by atoms with van der Waals surface area (Å²) in [4.78, 5) is 25.1. The van der Waals surface area contributed by atoms with Gasteiger partial charge in [-0.15, -0.1) is 0 Å².